The molecule has 2 aromatic heterocycles. The Hall–Kier alpha value is -8.66. The molecule has 3 nitrogen and oxygen atoms in total. The zero-order chi connectivity index (χ0) is 44.3. The number of furan rings is 1. The van der Waals surface area contributed by atoms with Crippen molar-refractivity contribution in [1.82, 2.24) is 4.57 Å². The van der Waals surface area contributed by atoms with Crippen molar-refractivity contribution in [2.24, 2.45) is 0 Å². The van der Waals surface area contributed by atoms with Crippen LogP contribution in [0, 0.1) is 0 Å². The lowest BCUT2D eigenvalue weighted by molar-refractivity contribution is 0.657. The fourth-order valence-electron chi connectivity index (χ4n) is 10.6. The Kier molecular flexibility index (Phi) is 9.31. The fourth-order valence-corrected chi connectivity index (χ4v) is 10.6. The van der Waals surface area contributed by atoms with Crippen LogP contribution in [0.3, 0.4) is 0 Å². The molecule has 10 aromatic carbocycles. The summed E-state index contributed by atoms with van der Waals surface area (Å²) in [5.74, 6) is 0.166. The number of hydrogen-bond donors (Lipinski definition) is 0. The molecule has 0 bridgehead atoms. The highest BCUT2D eigenvalue weighted by Crippen LogP contribution is 2.46. The van der Waals surface area contributed by atoms with E-state index in [9.17, 15) is 0 Å². The van der Waals surface area contributed by atoms with Crippen molar-refractivity contribution in [2.75, 3.05) is 4.90 Å². The quantitative estimate of drug-likeness (QED) is 0.152. The van der Waals surface area contributed by atoms with Gasteiger partial charge in [-0.3, -0.25) is 0 Å². The molecule has 1 aliphatic rings. The van der Waals surface area contributed by atoms with Crippen molar-refractivity contribution in [1.29, 1.82) is 0 Å². The van der Waals surface area contributed by atoms with Gasteiger partial charge in [0, 0.05) is 55.4 Å². The molecule has 0 saturated carbocycles. The second-order valence-electron chi connectivity index (χ2n) is 17.5. The molecular formula is C64H44N2O. The maximum absolute atomic E-state index is 6.54. The Bertz CT molecular complexity index is 3870. The van der Waals surface area contributed by atoms with E-state index in [1.807, 2.05) is 6.07 Å². The van der Waals surface area contributed by atoms with E-state index in [0.717, 1.165) is 62.2 Å². The van der Waals surface area contributed by atoms with Gasteiger partial charge in [-0.05, 0) is 82.4 Å². The Balaban J connectivity index is 0.923. The van der Waals surface area contributed by atoms with Gasteiger partial charge in [-0.1, -0.05) is 200 Å². The summed E-state index contributed by atoms with van der Waals surface area (Å²) in [6.45, 7) is 0. The molecule has 12 aromatic rings. The fraction of sp³-hybridized carbons (Fsp3) is 0.0312. The van der Waals surface area contributed by atoms with E-state index >= 15 is 0 Å². The molecule has 0 N–H and O–H groups in total. The van der Waals surface area contributed by atoms with Crippen molar-refractivity contribution < 1.29 is 4.42 Å². The molecule has 0 amide bonds. The summed E-state index contributed by atoms with van der Waals surface area (Å²) in [6.07, 6.45) is 7.93. The van der Waals surface area contributed by atoms with E-state index in [2.05, 4.69) is 252 Å². The van der Waals surface area contributed by atoms with Crippen LogP contribution in [0.4, 0.5) is 11.4 Å². The van der Waals surface area contributed by atoms with Crippen LogP contribution in [-0.2, 0) is 0 Å². The summed E-state index contributed by atoms with van der Waals surface area (Å²) in [4.78, 5) is 2.47. The second-order valence-corrected chi connectivity index (χ2v) is 17.5. The first kappa shape index (κ1) is 38.8. The molecule has 67 heavy (non-hydrogen) atoms. The molecule has 1 atom stereocenters. The van der Waals surface area contributed by atoms with E-state index in [0.29, 0.717) is 0 Å². The number of aromatic nitrogens is 1. The standard InChI is InChI=1S/C64H44N2O/c1-2-17-47-42-48(37-32-43(47)16-1)52-20-5-10-27-59(52)65(49-40-38-46(39-41-49)53-24-15-25-57-56-23-8-14-31-63(56)67-64(53)57)58-26-9-3-18-50(58)44-33-35-45(36-34-44)51-19-4-11-28-60(51)66-61-29-12-6-21-54(61)55-22-7-13-30-62(55)66/h1-38,40-42,46H,39H2. The molecule has 2 heterocycles. The van der Waals surface area contributed by atoms with Gasteiger partial charge in [0.05, 0.1) is 28.1 Å². The molecule has 0 spiro atoms. The summed E-state index contributed by atoms with van der Waals surface area (Å²) in [5, 5.41) is 7.29. The first-order valence-electron chi connectivity index (χ1n) is 23.2. The van der Waals surface area contributed by atoms with E-state index in [-0.39, 0.29) is 5.92 Å². The number of nitrogens with zero attached hydrogens (tertiary/aromatic N) is 2. The molecular weight excluding hydrogens is 813 g/mol. The van der Waals surface area contributed by atoms with Crippen molar-refractivity contribution in [3.05, 3.63) is 260 Å². The van der Waals surface area contributed by atoms with E-state index in [1.54, 1.807) is 0 Å². The highest BCUT2D eigenvalue weighted by atomic mass is 16.3. The van der Waals surface area contributed by atoms with Gasteiger partial charge >= 0.3 is 0 Å². The van der Waals surface area contributed by atoms with E-state index in [4.69, 9.17) is 4.42 Å². The lowest BCUT2D eigenvalue weighted by Gasteiger charge is -2.32. The van der Waals surface area contributed by atoms with Crippen molar-refractivity contribution in [3.63, 3.8) is 0 Å². The zero-order valence-electron chi connectivity index (χ0n) is 36.8. The smallest absolute Gasteiger partial charge is 0.139 e. The Morgan fingerprint density at radius 1 is 0.433 bits per heavy atom. The van der Waals surface area contributed by atoms with Crippen LogP contribution in [0.15, 0.2) is 259 Å². The zero-order valence-corrected chi connectivity index (χ0v) is 36.8. The average molecular weight is 857 g/mol. The van der Waals surface area contributed by atoms with Gasteiger partial charge in [0.15, 0.2) is 0 Å². The Morgan fingerprint density at radius 2 is 0.985 bits per heavy atom. The van der Waals surface area contributed by atoms with Crippen molar-refractivity contribution >= 4 is 65.9 Å². The molecule has 0 radical (unpaired) electrons. The molecule has 0 fully saturated rings. The third kappa shape index (κ3) is 6.58. The maximum atomic E-state index is 6.54. The number of para-hydroxylation sites is 7. The van der Waals surface area contributed by atoms with Gasteiger partial charge < -0.3 is 13.9 Å². The van der Waals surface area contributed by atoms with Crippen molar-refractivity contribution in [2.45, 2.75) is 12.3 Å². The minimum atomic E-state index is 0.166. The molecule has 316 valence electrons. The lowest BCUT2D eigenvalue weighted by atomic mass is 9.89. The van der Waals surface area contributed by atoms with Crippen LogP contribution in [0.5, 0.6) is 0 Å². The molecule has 3 heteroatoms. The molecule has 1 unspecified atom stereocenters. The number of hydrogen-bond acceptors (Lipinski definition) is 2. The monoisotopic (exact) mass is 856 g/mol. The number of fused-ring (bicyclic) bond motifs is 7. The third-order valence-electron chi connectivity index (χ3n) is 13.8. The summed E-state index contributed by atoms with van der Waals surface area (Å²) in [5.41, 5.74) is 17.0. The number of rotatable bonds is 8. The van der Waals surface area contributed by atoms with Gasteiger partial charge in [0.2, 0.25) is 0 Å². The summed E-state index contributed by atoms with van der Waals surface area (Å²) in [6, 6.07) is 83.5. The van der Waals surface area contributed by atoms with E-state index in [1.165, 1.54) is 60.4 Å². The van der Waals surface area contributed by atoms with Crippen LogP contribution in [0.2, 0.25) is 0 Å². The van der Waals surface area contributed by atoms with Crippen LogP contribution in [0.25, 0.3) is 93.6 Å². The minimum Gasteiger partial charge on any atom is -0.456 e. The Morgan fingerprint density at radius 3 is 1.70 bits per heavy atom. The average Bonchev–Trinajstić information content (AvgIpc) is 3.95. The molecule has 0 saturated heterocycles. The normalized spacial score (nSPS) is 13.8. The van der Waals surface area contributed by atoms with Gasteiger partial charge in [0.1, 0.15) is 11.2 Å². The Labute approximate surface area is 389 Å². The predicted molar refractivity (Wildman–Crippen MR) is 281 cm³/mol. The lowest BCUT2D eigenvalue weighted by Crippen LogP contribution is -2.19. The summed E-state index contributed by atoms with van der Waals surface area (Å²) < 4.78 is 8.96. The van der Waals surface area contributed by atoms with Crippen LogP contribution < -0.4 is 4.90 Å². The molecule has 1 aliphatic carbocycles. The molecule has 0 aliphatic heterocycles. The first-order valence-corrected chi connectivity index (χ1v) is 23.2. The van der Waals surface area contributed by atoms with Gasteiger partial charge in [-0.2, -0.15) is 0 Å². The highest BCUT2D eigenvalue weighted by Gasteiger charge is 2.25. The predicted octanol–water partition coefficient (Wildman–Crippen LogP) is 17.6. The van der Waals surface area contributed by atoms with E-state index < -0.39 is 0 Å². The number of benzene rings is 10. The van der Waals surface area contributed by atoms with Gasteiger partial charge in [0.25, 0.3) is 0 Å². The van der Waals surface area contributed by atoms with Crippen molar-refractivity contribution in [3.8, 4) is 39.1 Å². The van der Waals surface area contributed by atoms with Crippen LogP contribution >= 0.6 is 0 Å². The summed E-state index contributed by atoms with van der Waals surface area (Å²) in [7, 11) is 0. The summed E-state index contributed by atoms with van der Waals surface area (Å²) >= 11 is 0. The number of anilines is 2. The third-order valence-corrected chi connectivity index (χ3v) is 13.8. The highest BCUT2D eigenvalue weighted by molar-refractivity contribution is 6.10. The topological polar surface area (TPSA) is 21.3 Å². The second kappa shape index (κ2) is 16.1. The van der Waals surface area contributed by atoms with Crippen LogP contribution in [0.1, 0.15) is 17.9 Å². The minimum absolute atomic E-state index is 0.166. The van der Waals surface area contributed by atoms with Gasteiger partial charge in [-0.15, -0.1) is 0 Å². The molecule has 13 rings (SSSR count). The number of allylic oxidation sites excluding steroid dienone is 3. The largest absolute Gasteiger partial charge is 0.456 e. The maximum Gasteiger partial charge on any atom is 0.139 e. The van der Waals surface area contributed by atoms with Gasteiger partial charge in [-0.25, -0.2) is 0 Å². The first-order chi connectivity index (χ1) is 33.2. The SMILES string of the molecule is C1=CC(c2cccc3c2oc2ccccc23)CC=C1N(c1ccccc1-c1ccc(-c2ccccc2-n2c3ccccc3c3ccccc32)cc1)c1ccccc1-c1ccc2ccccc2c1. The van der Waals surface area contributed by atoms with Crippen LogP contribution in [-0.4, -0.2) is 4.57 Å².